The Bertz CT molecular complexity index is 1070. The van der Waals surface area contributed by atoms with Crippen LogP contribution in [0.25, 0.3) is 11.3 Å². The third kappa shape index (κ3) is 4.60. The second-order valence-electron chi connectivity index (χ2n) is 8.55. The Kier molecular flexibility index (Phi) is 5.91. The van der Waals surface area contributed by atoms with Gasteiger partial charge in [0.2, 0.25) is 0 Å². The molecule has 31 heavy (non-hydrogen) atoms. The molecule has 3 aromatic rings. The molecule has 1 fully saturated rings. The minimum atomic E-state index is 0.0106. The molecule has 1 atom stereocenters. The molecule has 2 aliphatic heterocycles. The van der Waals surface area contributed by atoms with E-state index in [2.05, 4.69) is 39.1 Å². The Hall–Kier alpha value is -2.83. The SMILES string of the molecule is O=c1cc(-c2ccncc2)ncn1CC1CCN(CC2OCCc3ccccc32)CC1. The predicted octanol–water partition coefficient (Wildman–Crippen LogP) is 3.33. The normalized spacial score (nSPS) is 19.8. The quantitative estimate of drug-likeness (QED) is 0.639. The first-order valence-electron chi connectivity index (χ1n) is 11.1. The second kappa shape index (κ2) is 9.12. The van der Waals surface area contributed by atoms with E-state index in [1.165, 1.54) is 11.1 Å². The van der Waals surface area contributed by atoms with Gasteiger partial charge < -0.3 is 9.64 Å². The van der Waals surface area contributed by atoms with Crippen molar-refractivity contribution in [1.29, 1.82) is 0 Å². The first-order chi connectivity index (χ1) is 15.3. The number of rotatable bonds is 5. The van der Waals surface area contributed by atoms with Crippen molar-refractivity contribution < 1.29 is 4.74 Å². The number of aromatic nitrogens is 3. The molecule has 160 valence electrons. The molecule has 6 nitrogen and oxygen atoms in total. The molecule has 1 saturated heterocycles. The summed E-state index contributed by atoms with van der Waals surface area (Å²) < 4.78 is 7.85. The Balaban J connectivity index is 1.17. The Morgan fingerprint density at radius 1 is 1.03 bits per heavy atom. The van der Waals surface area contributed by atoms with E-state index >= 15 is 0 Å². The summed E-state index contributed by atoms with van der Waals surface area (Å²) in [4.78, 5) is 23.6. The van der Waals surface area contributed by atoms with Crippen molar-refractivity contribution in [2.75, 3.05) is 26.2 Å². The number of hydrogen-bond acceptors (Lipinski definition) is 5. The number of fused-ring (bicyclic) bond motifs is 1. The van der Waals surface area contributed by atoms with Crippen molar-refractivity contribution in [3.63, 3.8) is 0 Å². The van der Waals surface area contributed by atoms with E-state index in [0.717, 1.165) is 57.6 Å². The van der Waals surface area contributed by atoms with Crippen LogP contribution in [0.1, 0.15) is 30.1 Å². The van der Waals surface area contributed by atoms with Crippen LogP contribution in [0.3, 0.4) is 0 Å². The molecule has 0 aliphatic carbocycles. The molecule has 4 heterocycles. The lowest BCUT2D eigenvalue weighted by Gasteiger charge is -2.36. The molecule has 5 rings (SSSR count). The number of hydrogen-bond donors (Lipinski definition) is 0. The van der Waals surface area contributed by atoms with E-state index in [1.54, 1.807) is 29.4 Å². The molecule has 0 radical (unpaired) electrons. The monoisotopic (exact) mass is 416 g/mol. The zero-order valence-corrected chi connectivity index (χ0v) is 17.7. The summed E-state index contributed by atoms with van der Waals surface area (Å²) in [6.07, 6.45) is 8.49. The fourth-order valence-electron chi connectivity index (χ4n) is 4.74. The second-order valence-corrected chi connectivity index (χ2v) is 8.55. The van der Waals surface area contributed by atoms with Gasteiger partial charge in [0.05, 0.1) is 24.7 Å². The molecule has 0 spiro atoms. The zero-order valence-electron chi connectivity index (χ0n) is 17.7. The molecule has 2 aliphatic rings. The van der Waals surface area contributed by atoms with Crippen molar-refractivity contribution in [1.82, 2.24) is 19.4 Å². The minimum Gasteiger partial charge on any atom is -0.372 e. The predicted molar refractivity (Wildman–Crippen MR) is 120 cm³/mol. The topological polar surface area (TPSA) is 60.2 Å². The van der Waals surface area contributed by atoms with Gasteiger partial charge in [0, 0.05) is 37.1 Å². The van der Waals surface area contributed by atoms with Crippen LogP contribution in [-0.2, 0) is 17.7 Å². The van der Waals surface area contributed by atoms with Gasteiger partial charge in [-0.3, -0.25) is 14.3 Å². The van der Waals surface area contributed by atoms with Crippen LogP contribution in [0.2, 0.25) is 0 Å². The Morgan fingerprint density at radius 3 is 2.65 bits per heavy atom. The van der Waals surface area contributed by atoms with Crippen LogP contribution in [0.15, 0.2) is 66.0 Å². The van der Waals surface area contributed by atoms with Gasteiger partial charge in [-0.05, 0) is 61.5 Å². The van der Waals surface area contributed by atoms with Crippen molar-refractivity contribution in [2.45, 2.75) is 31.9 Å². The van der Waals surface area contributed by atoms with E-state index in [1.807, 2.05) is 12.1 Å². The van der Waals surface area contributed by atoms with E-state index in [0.29, 0.717) is 11.6 Å². The zero-order chi connectivity index (χ0) is 21.0. The van der Waals surface area contributed by atoms with Gasteiger partial charge in [-0.1, -0.05) is 24.3 Å². The fraction of sp³-hybridized carbons (Fsp3) is 0.400. The largest absolute Gasteiger partial charge is 0.372 e. The number of pyridine rings is 1. The van der Waals surface area contributed by atoms with Gasteiger partial charge in [-0.2, -0.15) is 0 Å². The average molecular weight is 417 g/mol. The Morgan fingerprint density at radius 2 is 1.84 bits per heavy atom. The maximum atomic E-state index is 12.6. The van der Waals surface area contributed by atoms with Gasteiger partial charge in [-0.15, -0.1) is 0 Å². The standard InChI is InChI=1S/C25H28N4O2/c30-25-15-23(21-5-10-26-11-6-21)27-18-29(25)16-19-7-12-28(13-8-19)17-24-22-4-2-1-3-20(22)9-14-31-24/h1-6,10-11,15,18-19,24H,7-9,12-14,16-17H2. The number of likely N-dealkylation sites (tertiary alicyclic amines) is 1. The fourth-order valence-corrected chi connectivity index (χ4v) is 4.74. The highest BCUT2D eigenvalue weighted by Crippen LogP contribution is 2.29. The van der Waals surface area contributed by atoms with Crippen molar-refractivity contribution >= 4 is 0 Å². The summed E-state index contributed by atoms with van der Waals surface area (Å²) in [5, 5.41) is 0. The van der Waals surface area contributed by atoms with Crippen LogP contribution >= 0.6 is 0 Å². The van der Waals surface area contributed by atoms with Crippen molar-refractivity contribution in [2.24, 2.45) is 5.92 Å². The van der Waals surface area contributed by atoms with E-state index in [9.17, 15) is 4.79 Å². The minimum absolute atomic E-state index is 0.0106. The van der Waals surface area contributed by atoms with Gasteiger partial charge in [0.1, 0.15) is 0 Å². The lowest BCUT2D eigenvalue weighted by atomic mass is 9.94. The van der Waals surface area contributed by atoms with Crippen molar-refractivity contribution in [3.8, 4) is 11.3 Å². The molecule has 1 unspecified atom stereocenters. The third-order valence-corrected chi connectivity index (χ3v) is 6.53. The Labute approximate surface area is 182 Å². The van der Waals surface area contributed by atoms with Gasteiger partial charge >= 0.3 is 0 Å². The highest BCUT2D eigenvalue weighted by atomic mass is 16.5. The molecule has 0 N–H and O–H groups in total. The van der Waals surface area contributed by atoms with Gasteiger partial charge in [-0.25, -0.2) is 4.98 Å². The maximum absolute atomic E-state index is 12.6. The molecular weight excluding hydrogens is 388 g/mol. The summed E-state index contributed by atoms with van der Waals surface area (Å²) in [6.45, 7) is 4.59. The molecule has 0 bridgehead atoms. The van der Waals surface area contributed by atoms with Crippen LogP contribution in [-0.4, -0.2) is 45.7 Å². The van der Waals surface area contributed by atoms with Gasteiger partial charge in [0.25, 0.3) is 5.56 Å². The summed E-state index contributed by atoms with van der Waals surface area (Å²) in [5.74, 6) is 0.502. The van der Waals surface area contributed by atoms with Crippen LogP contribution in [0.4, 0.5) is 0 Å². The van der Waals surface area contributed by atoms with E-state index in [-0.39, 0.29) is 11.7 Å². The van der Waals surface area contributed by atoms with Crippen LogP contribution in [0, 0.1) is 5.92 Å². The first-order valence-corrected chi connectivity index (χ1v) is 11.1. The highest BCUT2D eigenvalue weighted by Gasteiger charge is 2.26. The van der Waals surface area contributed by atoms with E-state index in [4.69, 9.17) is 4.74 Å². The number of benzene rings is 1. The van der Waals surface area contributed by atoms with E-state index < -0.39 is 0 Å². The van der Waals surface area contributed by atoms with Crippen LogP contribution < -0.4 is 5.56 Å². The lowest BCUT2D eigenvalue weighted by molar-refractivity contribution is 0.00796. The molecule has 6 heteroatoms. The number of ether oxygens (including phenoxy) is 1. The smallest absolute Gasteiger partial charge is 0.253 e. The maximum Gasteiger partial charge on any atom is 0.253 e. The van der Waals surface area contributed by atoms with Gasteiger partial charge in [0.15, 0.2) is 0 Å². The summed E-state index contributed by atoms with van der Waals surface area (Å²) in [7, 11) is 0. The number of nitrogens with zero attached hydrogens (tertiary/aromatic N) is 4. The first kappa shape index (κ1) is 20.1. The average Bonchev–Trinajstić information content (AvgIpc) is 2.82. The number of piperidine rings is 1. The molecule has 2 aromatic heterocycles. The summed E-state index contributed by atoms with van der Waals surface area (Å²) in [5.41, 5.74) is 4.40. The van der Waals surface area contributed by atoms with Crippen LogP contribution in [0.5, 0.6) is 0 Å². The van der Waals surface area contributed by atoms with Crippen molar-refractivity contribution in [3.05, 3.63) is 82.7 Å². The molecule has 1 aromatic carbocycles. The molecular formula is C25H28N4O2. The summed E-state index contributed by atoms with van der Waals surface area (Å²) in [6, 6.07) is 14.0. The summed E-state index contributed by atoms with van der Waals surface area (Å²) >= 11 is 0. The molecule has 0 saturated carbocycles. The lowest BCUT2D eigenvalue weighted by Crippen LogP contribution is -2.39. The third-order valence-electron chi connectivity index (χ3n) is 6.53. The highest BCUT2D eigenvalue weighted by molar-refractivity contribution is 5.57. The molecule has 0 amide bonds.